The van der Waals surface area contributed by atoms with Crippen LogP contribution in [0.25, 0.3) is 0 Å². The molecule has 17 heavy (non-hydrogen) atoms. The molecule has 0 bridgehead atoms. The molecule has 3 nitrogen and oxygen atoms in total. The number of carboxylic acids is 1. The lowest BCUT2D eigenvalue weighted by Gasteiger charge is -2.08. The van der Waals surface area contributed by atoms with Crippen LogP contribution in [0.2, 0.25) is 5.02 Å². The molecule has 1 aliphatic carbocycles. The van der Waals surface area contributed by atoms with E-state index in [2.05, 4.69) is 4.98 Å². The highest BCUT2D eigenvalue weighted by Crippen LogP contribution is 2.30. The first kappa shape index (κ1) is 12.7. The maximum absolute atomic E-state index is 10.9. The molecule has 1 heterocycles. The van der Waals surface area contributed by atoms with E-state index in [0.29, 0.717) is 0 Å². The Morgan fingerprint density at radius 1 is 1.47 bits per heavy atom. The zero-order chi connectivity index (χ0) is 12.3. The molecule has 2 rings (SSSR count). The molecule has 0 aromatic carbocycles. The summed E-state index contributed by atoms with van der Waals surface area (Å²) in [7, 11) is 0. The summed E-state index contributed by atoms with van der Waals surface area (Å²) >= 11 is 7.39. The van der Waals surface area contributed by atoms with Crippen molar-refractivity contribution in [2.45, 2.75) is 30.7 Å². The molecule has 1 fully saturated rings. The van der Waals surface area contributed by atoms with Crippen molar-refractivity contribution in [1.29, 1.82) is 0 Å². The Bertz CT molecular complexity index is 419. The predicted octanol–water partition coefficient (Wildman–Crippen LogP) is 3.72. The fourth-order valence-electron chi connectivity index (χ4n) is 2.03. The van der Waals surface area contributed by atoms with Gasteiger partial charge in [0.15, 0.2) is 5.69 Å². The fourth-order valence-corrected chi connectivity index (χ4v) is 3.28. The Kier molecular flexibility index (Phi) is 4.29. The normalized spacial score (nSPS) is 16.3. The van der Waals surface area contributed by atoms with Crippen LogP contribution in [0.1, 0.15) is 36.2 Å². The lowest BCUT2D eigenvalue weighted by atomic mass is 10.1. The summed E-state index contributed by atoms with van der Waals surface area (Å²) in [5.41, 5.74) is -0.0527. The van der Waals surface area contributed by atoms with Crippen molar-refractivity contribution >= 4 is 29.3 Å². The van der Waals surface area contributed by atoms with Gasteiger partial charge in [-0.3, -0.25) is 0 Å². The van der Waals surface area contributed by atoms with Crippen LogP contribution in [-0.2, 0) is 0 Å². The number of carboxylic acid groups (broad SMARTS) is 1. The quantitative estimate of drug-likeness (QED) is 0.848. The minimum atomic E-state index is -1.07. The average Bonchev–Trinajstić information content (AvgIpc) is 2.80. The SMILES string of the molecule is O=C(O)c1nc(SCC2CCCC2)ccc1Cl. The zero-order valence-corrected chi connectivity index (χ0v) is 10.9. The molecular weight excluding hydrogens is 258 g/mol. The summed E-state index contributed by atoms with van der Waals surface area (Å²) < 4.78 is 0. The number of hydrogen-bond acceptors (Lipinski definition) is 3. The molecule has 1 saturated carbocycles. The van der Waals surface area contributed by atoms with E-state index in [-0.39, 0.29) is 10.7 Å². The van der Waals surface area contributed by atoms with Crippen LogP contribution in [0.5, 0.6) is 0 Å². The number of carbonyl (C=O) groups is 1. The van der Waals surface area contributed by atoms with E-state index >= 15 is 0 Å². The van der Waals surface area contributed by atoms with Crippen molar-refractivity contribution in [2.75, 3.05) is 5.75 Å². The largest absolute Gasteiger partial charge is 0.476 e. The number of hydrogen-bond donors (Lipinski definition) is 1. The topological polar surface area (TPSA) is 50.2 Å². The van der Waals surface area contributed by atoms with Crippen LogP contribution >= 0.6 is 23.4 Å². The smallest absolute Gasteiger partial charge is 0.356 e. The van der Waals surface area contributed by atoms with E-state index in [4.69, 9.17) is 16.7 Å². The molecule has 0 radical (unpaired) electrons. The van der Waals surface area contributed by atoms with Crippen molar-refractivity contribution in [3.63, 3.8) is 0 Å². The maximum Gasteiger partial charge on any atom is 0.356 e. The number of pyridine rings is 1. The maximum atomic E-state index is 10.9. The predicted molar refractivity (Wildman–Crippen MR) is 68.9 cm³/mol. The van der Waals surface area contributed by atoms with Gasteiger partial charge in [0.2, 0.25) is 0 Å². The van der Waals surface area contributed by atoms with Crippen LogP contribution in [-0.4, -0.2) is 21.8 Å². The molecule has 1 aliphatic rings. The summed E-state index contributed by atoms with van der Waals surface area (Å²) in [5, 5.41) is 9.86. The number of halogens is 1. The Morgan fingerprint density at radius 3 is 2.82 bits per heavy atom. The van der Waals surface area contributed by atoms with Crippen LogP contribution in [0.3, 0.4) is 0 Å². The summed E-state index contributed by atoms with van der Waals surface area (Å²) in [5.74, 6) is 0.706. The second-order valence-electron chi connectivity index (χ2n) is 4.25. The summed E-state index contributed by atoms with van der Waals surface area (Å²) in [4.78, 5) is 14.9. The second kappa shape index (κ2) is 5.74. The van der Waals surface area contributed by atoms with Crippen LogP contribution in [0, 0.1) is 5.92 Å². The van der Waals surface area contributed by atoms with E-state index in [0.717, 1.165) is 16.7 Å². The summed E-state index contributed by atoms with van der Waals surface area (Å²) in [6, 6.07) is 3.39. The number of aromatic carboxylic acids is 1. The molecule has 0 aliphatic heterocycles. The molecule has 1 aromatic heterocycles. The van der Waals surface area contributed by atoms with E-state index in [1.54, 1.807) is 23.9 Å². The first-order valence-electron chi connectivity index (χ1n) is 5.69. The molecule has 0 spiro atoms. The third-order valence-corrected chi connectivity index (χ3v) is 4.43. The zero-order valence-electron chi connectivity index (χ0n) is 9.36. The van der Waals surface area contributed by atoms with Gasteiger partial charge in [-0.15, -0.1) is 11.8 Å². The molecule has 92 valence electrons. The summed E-state index contributed by atoms with van der Waals surface area (Å²) in [6.07, 6.45) is 5.21. The lowest BCUT2D eigenvalue weighted by Crippen LogP contribution is -2.03. The Hall–Kier alpha value is -0.740. The van der Waals surface area contributed by atoms with Crippen LogP contribution < -0.4 is 0 Å². The molecular formula is C12H14ClNO2S. The highest BCUT2D eigenvalue weighted by atomic mass is 35.5. The number of rotatable bonds is 4. The van der Waals surface area contributed by atoms with Gasteiger partial charge in [0.05, 0.1) is 10.0 Å². The number of aromatic nitrogens is 1. The van der Waals surface area contributed by atoms with Crippen molar-refractivity contribution in [3.8, 4) is 0 Å². The monoisotopic (exact) mass is 271 g/mol. The third kappa shape index (κ3) is 3.36. The summed E-state index contributed by atoms with van der Waals surface area (Å²) in [6.45, 7) is 0. The first-order valence-corrected chi connectivity index (χ1v) is 7.06. The Balaban J connectivity index is 2.00. The molecule has 5 heteroatoms. The van der Waals surface area contributed by atoms with Gasteiger partial charge >= 0.3 is 5.97 Å². The van der Waals surface area contributed by atoms with Gasteiger partial charge < -0.3 is 5.11 Å². The number of thioether (sulfide) groups is 1. The first-order chi connectivity index (χ1) is 8.16. The van der Waals surface area contributed by atoms with E-state index in [1.807, 2.05) is 0 Å². The average molecular weight is 272 g/mol. The van der Waals surface area contributed by atoms with Crippen LogP contribution in [0.4, 0.5) is 0 Å². The molecule has 1 N–H and O–H groups in total. The van der Waals surface area contributed by atoms with Crippen molar-refractivity contribution in [2.24, 2.45) is 5.92 Å². The van der Waals surface area contributed by atoms with Gasteiger partial charge in [0.1, 0.15) is 0 Å². The molecule has 0 amide bonds. The Morgan fingerprint density at radius 2 is 2.18 bits per heavy atom. The van der Waals surface area contributed by atoms with Gasteiger partial charge in [-0.05, 0) is 30.9 Å². The van der Waals surface area contributed by atoms with Crippen molar-refractivity contribution < 1.29 is 9.90 Å². The van der Waals surface area contributed by atoms with E-state index in [9.17, 15) is 4.79 Å². The highest BCUT2D eigenvalue weighted by molar-refractivity contribution is 7.99. The highest BCUT2D eigenvalue weighted by Gasteiger charge is 2.16. The Labute approximate surface area is 110 Å². The minimum Gasteiger partial charge on any atom is -0.476 e. The third-order valence-electron chi connectivity index (χ3n) is 2.96. The molecule has 0 saturated heterocycles. The van der Waals surface area contributed by atoms with Gasteiger partial charge in [0, 0.05) is 5.75 Å². The van der Waals surface area contributed by atoms with Gasteiger partial charge in [-0.25, -0.2) is 9.78 Å². The number of nitrogens with zero attached hydrogens (tertiary/aromatic N) is 1. The van der Waals surface area contributed by atoms with Gasteiger partial charge in [-0.2, -0.15) is 0 Å². The molecule has 1 aromatic rings. The van der Waals surface area contributed by atoms with E-state index in [1.165, 1.54) is 25.7 Å². The van der Waals surface area contributed by atoms with E-state index < -0.39 is 5.97 Å². The van der Waals surface area contributed by atoms with Gasteiger partial charge in [-0.1, -0.05) is 24.4 Å². The van der Waals surface area contributed by atoms with Crippen molar-refractivity contribution in [1.82, 2.24) is 4.98 Å². The molecule has 0 atom stereocenters. The van der Waals surface area contributed by atoms with Gasteiger partial charge in [0.25, 0.3) is 0 Å². The fraction of sp³-hybridized carbons (Fsp3) is 0.500. The van der Waals surface area contributed by atoms with Crippen molar-refractivity contribution in [3.05, 3.63) is 22.8 Å². The minimum absolute atomic E-state index is 0.0527. The van der Waals surface area contributed by atoms with Crippen LogP contribution in [0.15, 0.2) is 17.2 Å². The second-order valence-corrected chi connectivity index (χ2v) is 5.69. The molecule has 0 unspecified atom stereocenters. The standard InChI is InChI=1S/C12H14ClNO2S/c13-9-5-6-10(14-11(9)12(15)16)17-7-8-3-1-2-4-8/h5-6,8H,1-4,7H2,(H,15,16). The lowest BCUT2D eigenvalue weighted by molar-refractivity contribution is 0.0690.